The van der Waals surface area contributed by atoms with Crippen LogP contribution in [0.25, 0.3) is 0 Å². The van der Waals surface area contributed by atoms with E-state index < -0.39 is 5.97 Å². The number of rotatable bonds is 4. The molecule has 1 aromatic heterocycles. The van der Waals surface area contributed by atoms with Crippen LogP contribution in [0.3, 0.4) is 0 Å². The Bertz CT molecular complexity index is 661. The molecule has 6 heteroatoms. The fourth-order valence-electron chi connectivity index (χ4n) is 1.85. The quantitative estimate of drug-likeness (QED) is 0.890. The Kier molecular flexibility index (Phi) is 3.84. The summed E-state index contributed by atoms with van der Waals surface area (Å²) in [6, 6.07) is 5.52. The van der Waals surface area contributed by atoms with Gasteiger partial charge >= 0.3 is 5.97 Å². The van der Waals surface area contributed by atoms with E-state index >= 15 is 0 Å². The van der Waals surface area contributed by atoms with Crippen LogP contribution in [-0.4, -0.2) is 26.8 Å². The SMILES string of the molecule is Cc1cccc(C(=O)Nc2cnn(CC(=O)O)c2)c1C. The van der Waals surface area contributed by atoms with Crippen LogP contribution in [0, 0.1) is 13.8 Å². The predicted octanol–water partition coefficient (Wildman–Crippen LogP) is 1.84. The van der Waals surface area contributed by atoms with Crippen LogP contribution in [0.5, 0.6) is 0 Å². The van der Waals surface area contributed by atoms with Crippen molar-refractivity contribution in [1.82, 2.24) is 9.78 Å². The van der Waals surface area contributed by atoms with E-state index in [1.807, 2.05) is 26.0 Å². The monoisotopic (exact) mass is 273 g/mol. The zero-order valence-electron chi connectivity index (χ0n) is 11.3. The second kappa shape index (κ2) is 5.56. The molecule has 0 fully saturated rings. The molecule has 0 aliphatic heterocycles. The van der Waals surface area contributed by atoms with Gasteiger partial charge in [-0.25, -0.2) is 0 Å². The maximum Gasteiger partial charge on any atom is 0.325 e. The van der Waals surface area contributed by atoms with Crippen molar-refractivity contribution >= 4 is 17.6 Å². The molecule has 2 rings (SSSR count). The number of amides is 1. The van der Waals surface area contributed by atoms with Gasteiger partial charge < -0.3 is 10.4 Å². The minimum atomic E-state index is -0.986. The van der Waals surface area contributed by atoms with E-state index in [4.69, 9.17) is 5.11 Å². The Morgan fingerprint density at radius 2 is 2.10 bits per heavy atom. The number of aliphatic carboxylic acids is 1. The highest BCUT2D eigenvalue weighted by Gasteiger charge is 2.11. The minimum Gasteiger partial charge on any atom is -0.480 e. The molecule has 0 saturated heterocycles. The molecule has 0 atom stereocenters. The third-order valence-corrected chi connectivity index (χ3v) is 3.04. The molecule has 0 radical (unpaired) electrons. The van der Waals surface area contributed by atoms with Crippen molar-refractivity contribution in [2.24, 2.45) is 0 Å². The van der Waals surface area contributed by atoms with E-state index in [0.717, 1.165) is 11.1 Å². The van der Waals surface area contributed by atoms with Crippen molar-refractivity contribution < 1.29 is 14.7 Å². The summed E-state index contributed by atoms with van der Waals surface area (Å²) < 4.78 is 1.25. The summed E-state index contributed by atoms with van der Waals surface area (Å²) in [6.45, 7) is 3.59. The number of aryl methyl sites for hydroxylation is 1. The Hall–Kier alpha value is -2.63. The van der Waals surface area contributed by atoms with Gasteiger partial charge in [0.05, 0.1) is 11.9 Å². The van der Waals surface area contributed by atoms with Gasteiger partial charge in [0.15, 0.2) is 0 Å². The van der Waals surface area contributed by atoms with Crippen LogP contribution in [0.15, 0.2) is 30.6 Å². The number of carbonyl (C=O) groups is 2. The highest BCUT2D eigenvalue weighted by atomic mass is 16.4. The Morgan fingerprint density at radius 3 is 2.80 bits per heavy atom. The zero-order chi connectivity index (χ0) is 14.7. The molecule has 0 unspecified atom stereocenters. The van der Waals surface area contributed by atoms with Crippen LogP contribution in [0.1, 0.15) is 21.5 Å². The minimum absolute atomic E-state index is 0.235. The number of nitrogens with one attached hydrogen (secondary N) is 1. The third kappa shape index (κ3) is 3.03. The molecule has 1 amide bonds. The number of hydrogen-bond acceptors (Lipinski definition) is 3. The molecule has 0 aliphatic carbocycles. The molecular weight excluding hydrogens is 258 g/mol. The number of benzene rings is 1. The first kappa shape index (κ1) is 13.8. The highest BCUT2D eigenvalue weighted by Crippen LogP contribution is 2.15. The number of carboxylic acid groups (broad SMARTS) is 1. The zero-order valence-corrected chi connectivity index (χ0v) is 11.3. The molecule has 2 N–H and O–H groups in total. The van der Waals surface area contributed by atoms with Gasteiger partial charge in [0, 0.05) is 11.8 Å². The second-order valence-corrected chi connectivity index (χ2v) is 4.52. The van der Waals surface area contributed by atoms with E-state index in [1.54, 1.807) is 6.07 Å². The Labute approximate surface area is 116 Å². The summed E-state index contributed by atoms with van der Waals surface area (Å²) in [5.41, 5.74) is 3.02. The maximum atomic E-state index is 12.2. The van der Waals surface area contributed by atoms with Gasteiger partial charge in [-0.1, -0.05) is 12.1 Å². The van der Waals surface area contributed by atoms with Crippen LogP contribution in [0.4, 0.5) is 5.69 Å². The molecule has 104 valence electrons. The summed E-state index contributed by atoms with van der Waals surface area (Å²) >= 11 is 0. The smallest absolute Gasteiger partial charge is 0.325 e. The van der Waals surface area contributed by atoms with Crippen molar-refractivity contribution in [3.8, 4) is 0 Å². The Morgan fingerprint density at radius 1 is 1.35 bits per heavy atom. The first-order chi connectivity index (χ1) is 9.47. The van der Waals surface area contributed by atoms with Gasteiger partial charge in [0.1, 0.15) is 6.54 Å². The number of nitrogens with zero attached hydrogens (tertiary/aromatic N) is 2. The Balaban J connectivity index is 2.13. The summed E-state index contributed by atoms with van der Waals surface area (Å²) in [4.78, 5) is 22.7. The summed E-state index contributed by atoms with van der Waals surface area (Å²) in [7, 11) is 0. The average Bonchev–Trinajstić information content (AvgIpc) is 2.79. The van der Waals surface area contributed by atoms with Gasteiger partial charge in [-0.15, -0.1) is 0 Å². The van der Waals surface area contributed by atoms with Gasteiger partial charge in [0.2, 0.25) is 0 Å². The maximum absolute atomic E-state index is 12.2. The normalized spacial score (nSPS) is 10.3. The van der Waals surface area contributed by atoms with Crippen molar-refractivity contribution in [2.75, 3.05) is 5.32 Å². The van der Waals surface area contributed by atoms with E-state index in [-0.39, 0.29) is 12.5 Å². The molecule has 20 heavy (non-hydrogen) atoms. The number of aromatic nitrogens is 2. The molecule has 0 bridgehead atoms. The van der Waals surface area contributed by atoms with Crippen LogP contribution in [0.2, 0.25) is 0 Å². The van der Waals surface area contributed by atoms with Crippen molar-refractivity contribution in [3.63, 3.8) is 0 Å². The average molecular weight is 273 g/mol. The van der Waals surface area contributed by atoms with Crippen molar-refractivity contribution in [1.29, 1.82) is 0 Å². The number of anilines is 1. The fourth-order valence-corrected chi connectivity index (χ4v) is 1.85. The summed E-state index contributed by atoms with van der Waals surface area (Å²) in [5, 5.41) is 15.2. The molecule has 0 spiro atoms. The lowest BCUT2D eigenvalue weighted by molar-refractivity contribution is -0.137. The molecule has 2 aromatic rings. The lowest BCUT2D eigenvalue weighted by Crippen LogP contribution is -2.13. The topological polar surface area (TPSA) is 84.2 Å². The molecule has 6 nitrogen and oxygen atoms in total. The van der Waals surface area contributed by atoms with Gasteiger partial charge in [-0.05, 0) is 31.0 Å². The fraction of sp³-hybridized carbons (Fsp3) is 0.214. The van der Waals surface area contributed by atoms with Gasteiger partial charge in [0.25, 0.3) is 5.91 Å². The van der Waals surface area contributed by atoms with Crippen molar-refractivity contribution in [2.45, 2.75) is 20.4 Å². The molecule has 0 saturated carbocycles. The van der Waals surface area contributed by atoms with Crippen LogP contribution in [-0.2, 0) is 11.3 Å². The molecule has 1 heterocycles. The van der Waals surface area contributed by atoms with E-state index in [1.165, 1.54) is 17.1 Å². The molecule has 1 aromatic carbocycles. The van der Waals surface area contributed by atoms with E-state index in [0.29, 0.717) is 11.3 Å². The summed E-state index contributed by atoms with van der Waals surface area (Å²) in [6.07, 6.45) is 2.91. The summed E-state index contributed by atoms with van der Waals surface area (Å²) in [5.74, 6) is -1.22. The lowest BCUT2D eigenvalue weighted by atomic mass is 10.0. The third-order valence-electron chi connectivity index (χ3n) is 3.04. The first-order valence-corrected chi connectivity index (χ1v) is 6.09. The van der Waals surface area contributed by atoms with E-state index in [2.05, 4.69) is 10.4 Å². The van der Waals surface area contributed by atoms with Gasteiger partial charge in [-0.2, -0.15) is 5.10 Å². The highest BCUT2D eigenvalue weighted by molar-refractivity contribution is 6.05. The predicted molar refractivity (Wildman–Crippen MR) is 73.7 cm³/mol. The first-order valence-electron chi connectivity index (χ1n) is 6.09. The number of carbonyl (C=O) groups excluding carboxylic acids is 1. The van der Waals surface area contributed by atoms with Crippen molar-refractivity contribution in [3.05, 3.63) is 47.3 Å². The van der Waals surface area contributed by atoms with E-state index in [9.17, 15) is 9.59 Å². The number of hydrogen-bond donors (Lipinski definition) is 2. The number of carboxylic acids is 1. The standard InChI is InChI=1S/C14H15N3O3/c1-9-4-3-5-12(10(9)2)14(20)16-11-6-15-17(7-11)8-13(18)19/h3-7H,8H2,1-2H3,(H,16,20)(H,18,19). The molecule has 0 aliphatic rings. The lowest BCUT2D eigenvalue weighted by Gasteiger charge is -2.07. The van der Waals surface area contributed by atoms with Crippen LogP contribution < -0.4 is 5.32 Å². The second-order valence-electron chi connectivity index (χ2n) is 4.52. The largest absolute Gasteiger partial charge is 0.480 e. The van der Waals surface area contributed by atoms with Crippen LogP contribution >= 0.6 is 0 Å². The van der Waals surface area contributed by atoms with Gasteiger partial charge in [-0.3, -0.25) is 14.3 Å². The molecular formula is C14H15N3O3.